The molecule has 0 radical (unpaired) electrons. The average molecular weight is 773 g/mol. The van der Waals surface area contributed by atoms with Gasteiger partial charge in [0.15, 0.2) is 11.6 Å². The highest BCUT2D eigenvalue weighted by atomic mass is 16.6. The number of aliphatic hydroxyl groups is 2. The van der Waals surface area contributed by atoms with Crippen molar-refractivity contribution in [3.8, 4) is 0 Å². The lowest BCUT2D eigenvalue weighted by atomic mass is 10.1. The quantitative estimate of drug-likeness (QED) is 0.0886. The van der Waals surface area contributed by atoms with Crippen LogP contribution in [0.5, 0.6) is 0 Å². The fourth-order valence-electron chi connectivity index (χ4n) is 4.64. The molecule has 2 unspecified atom stereocenters. The number of ketones is 2. The number of ether oxygens (including phenoxy) is 3. The molecule has 0 aromatic heterocycles. The van der Waals surface area contributed by atoms with Crippen LogP contribution in [0.4, 0.5) is 4.79 Å². The van der Waals surface area contributed by atoms with E-state index in [1.54, 1.807) is 20.8 Å². The lowest BCUT2D eigenvalue weighted by Gasteiger charge is -2.25. The van der Waals surface area contributed by atoms with E-state index in [0.29, 0.717) is 0 Å². The van der Waals surface area contributed by atoms with Gasteiger partial charge in [0.25, 0.3) is 0 Å². The van der Waals surface area contributed by atoms with Crippen LogP contribution in [0.25, 0.3) is 0 Å². The monoisotopic (exact) mass is 772 g/mol. The number of hydrogen-bond donors (Lipinski definition) is 6. The zero-order valence-electron chi connectivity index (χ0n) is 32.5. The van der Waals surface area contributed by atoms with Crippen LogP contribution in [0.1, 0.15) is 85.3 Å². The van der Waals surface area contributed by atoms with E-state index in [1.165, 1.54) is 27.7 Å². The van der Waals surface area contributed by atoms with Crippen molar-refractivity contribution in [1.82, 2.24) is 16.0 Å². The highest BCUT2D eigenvalue weighted by Gasteiger charge is 2.30. The second-order valence-corrected chi connectivity index (χ2v) is 13.9. The van der Waals surface area contributed by atoms with E-state index in [-0.39, 0.29) is 44.7 Å². The summed E-state index contributed by atoms with van der Waals surface area (Å²) in [6.45, 7) is 10.5. The number of nitrogens with two attached hydrogens (primary N) is 1. The van der Waals surface area contributed by atoms with E-state index in [2.05, 4.69) is 16.0 Å². The molecule has 0 aliphatic heterocycles. The number of aliphatic hydroxyl groups excluding tert-OH is 2. The van der Waals surface area contributed by atoms with Crippen molar-refractivity contribution >= 4 is 41.4 Å². The first-order chi connectivity index (χ1) is 25.7. The third kappa shape index (κ3) is 20.7. The van der Waals surface area contributed by atoms with Crippen molar-refractivity contribution in [3.63, 3.8) is 0 Å². The smallest absolute Gasteiger partial charge is 0.408 e. The molecule has 2 rings (SSSR count). The van der Waals surface area contributed by atoms with Crippen LogP contribution in [-0.2, 0) is 56.2 Å². The minimum atomic E-state index is -1.17. The van der Waals surface area contributed by atoms with Crippen LogP contribution in [0.3, 0.4) is 0 Å². The summed E-state index contributed by atoms with van der Waals surface area (Å²) >= 11 is 0. The largest absolute Gasteiger partial charge is 0.461 e. The van der Waals surface area contributed by atoms with E-state index in [1.807, 2.05) is 60.7 Å². The van der Waals surface area contributed by atoms with Gasteiger partial charge in [0.1, 0.15) is 36.9 Å². The van der Waals surface area contributed by atoms with Gasteiger partial charge >= 0.3 is 18.0 Å². The summed E-state index contributed by atoms with van der Waals surface area (Å²) in [6.07, 6.45) is -3.15. The summed E-state index contributed by atoms with van der Waals surface area (Å²) in [4.78, 5) is 83.5. The first-order valence-corrected chi connectivity index (χ1v) is 17.8. The number of esters is 2. The van der Waals surface area contributed by atoms with Gasteiger partial charge in [-0.2, -0.15) is 0 Å². The standard InChI is InChI=1S/C22H32N2O7.C17H24N2O5/c1-14(25)19(15(2)26)24-20(28)17(23-21(29)31-22(3,4)5)11-12-18(27)30-13-16-9-7-6-8-10-16;1-11(20)16(12(2)21)19-17(23)14(18)8-9-15(22)24-10-13-6-4-3-5-7-13/h6-10,14,17,19,25H,11-13H2,1-5H3,(H,23,29)(H,24,28);3-7,11,14,16,20H,8-10,18H2,1-2H3,(H,19,23)/t14?,17-,19-;11?,14-,16-/m00/s1. The van der Waals surface area contributed by atoms with Crippen LogP contribution >= 0.6 is 0 Å². The molecule has 0 saturated carbocycles. The Morgan fingerprint density at radius 3 is 1.44 bits per heavy atom. The van der Waals surface area contributed by atoms with Crippen LogP contribution in [0.2, 0.25) is 0 Å². The Hall–Kier alpha value is -5.19. The SMILES string of the molecule is CC(=O)[C@@H](NC(=O)[C@@H](N)CCC(=O)OCc1ccccc1)C(C)O.CC(=O)[C@@H](NC(=O)[C@H](CCC(=O)OCc1ccccc1)NC(=O)OC(C)(C)C)C(C)O. The van der Waals surface area contributed by atoms with Crippen molar-refractivity contribution in [1.29, 1.82) is 0 Å². The highest BCUT2D eigenvalue weighted by molar-refractivity contribution is 5.92. The molecule has 7 N–H and O–H groups in total. The second kappa shape index (κ2) is 24.3. The molecule has 0 aliphatic rings. The molecule has 0 aliphatic carbocycles. The molecule has 304 valence electrons. The van der Waals surface area contributed by atoms with Crippen molar-refractivity contribution in [3.05, 3.63) is 71.8 Å². The van der Waals surface area contributed by atoms with E-state index in [4.69, 9.17) is 19.9 Å². The van der Waals surface area contributed by atoms with Gasteiger partial charge in [-0.3, -0.25) is 28.8 Å². The molecule has 16 nitrogen and oxygen atoms in total. The molecule has 0 heterocycles. The number of Topliss-reactive ketones (excluding diaryl/α,β-unsaturated/α-hetero) is 2. The molecule has 0 fully saturated rings. The van der Waals surface area contributed by atoms with Gasteiger partial charge in [0.2, 0.25) is 11.8 Å². The molecule has 3 amide bonds. The van der Waals surface area contributed by atoms with Crippen LogP contribution < -0.4 is 21.7 Å². The number of carbonyl (C=O) groups is 7. The predicted octanol–water partition coefficient (Wildman–Crippen LogP) is 2.15. The van der Waals surface area contributed by atoms with Gasteiger partial charge < -0.3 is 46.1 Å². The highest BCUT2D eigenvalue weighted by Crippen LogP contribution is 2.10. The Labute approximate surface area is 321 Å². The van der Waals surface area contributed by atoms with Gasteiger partial charge in [-0.05, 0) is 72.4 Å². The maximum absolute atomic E-state index is 12.7. The second-order valence-electron chi connectivity index (χ2n) is 13.9. The number of nitrogens with one attached hydrogen (secondary N) is 3. The van der Waals surface area contributed by atoms with Crippen LogP contribution in [-0.4, -0.2) is 93.6 Å². The van der Waals surface area contributed by atoms with Gasteiger partial charge in [-0.1, -0.05) is 60.7 Å². The van der Waals surface area contributed by atoms with Crippen molar-refractivity contribution in [2.45, 2.75) is 129 Å². The predicted molar refractivity (Wildman–Crippen MR) is 201 cm³/mol. The summed E-state index contributed by atoms with van der Waals surface area (Å²) in [7, 11) is 0. The molecule has 2 aromatic rings. The number of alkyl carbamates (subject to hydrolysis) is 1. The number of rotatable bonds is 19. The van der Waals surface area contributed by atoms with E-state index < -0.39 is 77.6 Å². The maximum Gasteiger partial charge on any atom is 0.408 e. The fourth-order valence-corrected chi connectivity index (χ4v) is 4.64. The maximum atomic E-state index is 12.7. The third-order valence-electron chi connectivity index (χ3n) is 7.56. The van der Waals surface area contributed by atoms with Crippen LogP contribution in [0, 0.1) is 0 Å². The Morgan fingerprint density at radius 1 is 0.655 bits per heavy atom. The Kier molecular flexibility index (Phi) is 21.1. The summed E-state index contributed by atoms with van der Waals surface area (Å²) < 4.78 is 15.5. The molecule has 0 bridgehead atoms. The van der Waals surface area contributed by atoms with Gasteiger partial charge in [0.05, 0.1) is 18.2 Å². The van der Waals surface area contributed by atoms with Crippen LogP contribution in [0.15, 0.2) is 60.7 Å². The summed E-state index contributed by atoms with van der Waals surface area (Å²) in [5, 5.41) is 26.4. The summed E-state index contributed by atoms with van der Waals surface area (Å²) in [5.74, 6) is -3.13. The lowest BCUT2D eigenvalue weighted by molar-refractivity contribution is -0.146. The van der Waals surface area contributed by atoms with E-state index in [9.17, 15) is 43.8 Å². The minimum absolute atomic E-state index is 0.0131. The van der Waals surface area contributed by atoms with Crippen molar-refractivity contribution < 1.29 is 58.0 Å². The molecule has 6 atom stereocenters. The molecule has 0 spiro atoms. The molecule has 0 saturated heterocycles. The summed E-state index contributed by atoms with van der Waals surface area (Å²) in [6, 6.07) is 14.1. The fraction of sp³-hybridized carbons (Fsp3) is 0.513. The molecular weight excluding hydrogens is 716 g/mol. The van der Waals surface area contributed by atoms with Crippen molar-refractivity contribution in [2.75, 3.05) is 0 Å². The third-order valence-corrected chi connectivity index (χ3v) is 7.56. The lowest BCUT2D eigenvalue weighted by Crippen LogP contribution is -2.54. The topological polar surface area (TPSA) is 250 Å². The Bertz CT molecular complexity index is 1540. The van der Waals surface area contributed by atoms with Crippen molar-refractivity contribution in [2.24, 2.45) is 5.73 Å². The number of benzene rings is 2. The molecule has 16 heteroatoms. The first kappa shape index (κ1) is 47.8. The number of hydrogen-bond acceptors (Lipinski definition) is 13. The zero-order valence-corrected chi connectivity index (χ0v) is 32.5. The number of amides is 3. The van der Waals surface area contributed by atoms with E-state index in [0.717, 1.165) is 11.1 Å². The Morgan fingerprint density at radius 2 is 1.05 bits per heavy atom. The molecular formula is C39H56N4O12. The number of carbonyl (C=O) groups excluding carboxylic acids is 7. The normalized spacial score (nSPS) is 14.1. The summed E-state index contributed by atoms with van der Waals surface area (Å²) in [5.41, 5.74) is 6.61. The molecule has 55 heavy (non-hydrogen) atoms. The zero-order chi connectivity index (χ0) is 41.7. The van der Waals surface area contributed by atoms with Gasteiger partial charge in [-0.15, -0.1) is 0 Å². The van der Waals surface area contributed by atoms with E-state index >= 15 is 0 Å². The average Bonchev–Trinajstić information content (AvgIpc) is 3.11. The minimum Gasteiger partial charge on any atom is -0.461 e. The first-order valence-electron chi connectivity index (χ1n) is 17.8. The Balaban J connectivity index is 0.000000568. The van der Waals surface area contributed by atoms with Gasteiger partial charge in [-0.25, -0.2) is 4.79 Å². The van der Waals surface area contributed by atoms with Gasteiger partial charge in [0, 0.05) is 12.8 Å². The molecule has 2 aromatic carbocycles.